The summed E-state index contributed by atoms with van der Waals surface area (Å²) in [7, 11) is 0. The first-order valence-corrected chi connectivity index (χ1v) is 12.8. The second-order valence-corrected chi connectivity index (χ2v) is 9.32. The molecule has 0 bridgehead atoms. The molecule has 0 aliphatic rings. The first kappa shape index (κ1) is 29.0. The zero-order valence-electron chi connectivity index (χ0n) is 21.8. The van der Waals surface area contributed by atoms with Gasteiger partial charge in [0.05, 0.1) is 6.10 Å². The Bertz CT molecular complexity index is 1190. The molecule has 0 aliphatic heterocycles. The fourth-order valence-corrected chi connectivity index (χ4v) is 4.53. The number of halogens is 2. The molecule has 9 heteroatoms. The third kappa shape index (κ3) is 7.72. The van der Waals surface area contributed by atoms with Gasteiger partial charge < -0.3 is 25.5 Å². The number of amides is 2. The molecule has 0 saturated carbocycles. The van der Waals surface area contributed by atoms with Crippen LogP contribution in [0.25, 0.3) is 0 Å². The maximum absolute atomic E-state index is 14.0. The quantitative estimate of drug-likeness (QED) is 0.288. The zero-order valence-corrected chi connectivity index (χ0v) is 21.8. The van der Waals surface area contributed by atoms with Crippen LogP contribution in [0.15, 0.2) is 59.0 Å². The van der Waals surface area contributed by atoms with Crippen molar-refractivity contribution in [1.82, 2.24) is 10.2 Å². The number of hydrogen-bond donors (Lipinski definition) is 3. The molecular formula is C29H35F2N3O4. The molecule has 2 aromatic carbocycles. The van der Waals surface area contributed by atoms with Crippen LogP contribution in [0, 0.1) is 11.6 Å². The highest BCUT2D eigenvalue weighted by Gasteiger charge is 2.31. The van der Waals surface area contributed by atoms with Gasteiger partial charge in [0.2, 0.25) is 0 Å². The van der Waals surface area contributed by atoms with Gasteiger partial charge in [-0.05, 0) is 48.6 Å². The summed E-state index contributed by atoms with van der Waals surface area (Å²) in [6.45, 7) is 5.48. The fourth-order valence-electron chi connectivity index (χ4n) is 4.53. The Morgan fingerprint density at radius 1 is 1.00 bits per heavy atom. The second kappa shape index (κ2) is 13.8. The van der Waals surface area contributed by atoms with Crippen molar-refractivity contribution >= 4 is 11.8 Å². The van der Waals surface area contributed by atoms with Gasteiger partial charge in [-0.1, -0.05) is 44.2 Å². The zero-order chi connectivity index (χ0) is 27.7. The summed E-state index contributed by atoms with van der Waals surface area (Å²) < 4.78 is 33.6. The summed E-state index contributed by atoms with van der Waals surface area (Å²) in [6.07, 6.45) is 0.346. The van der Waals surface area contributed by atoms with E-state index in [1.54, 1.807) is 4.90 Å². The van der Waals surface area contributed by atoms with E-state index < -0.39 is 35.5 Å². The Kier molecular flexibility index (Phi) is 10.6. The number of furan rings is 1. The lowest BCUT2D eigenvalue weighted by atomic mass is 9.86. The smallest absolute Gasteiger partial charge is 0.289 e. The van der Waals surface area contributed by atoms with E-state index in [1.165, 1.54) is 18.2 Å². The van der Waals surface area contributed by atoms with E-state index in [-0.39, 0.29) is 35.6 Å². The van der Waals surface area contributed by atoms with Crippen LogP contribution in [-0.2, 0) is 13.0 Å². The molecule has 0 radical (unpaired) electrons. The van der Waals surface area contributed by atoms with E-state index in [0.29, 0.717) is 19.6 Å². The van der Waals surface area contributed by atoms with Gasteiger partial charge in [0, 0.05) is 43.7 Å². The monoisotopic (exact) mass is 527 g/mol. The Hall–Kier alpha value is -3.56. The van der Waals surface area contributed by atoms with Crippen molar-refractivity contribution in [3.8, 4) is 0 Å². The molecule has 3 aromatic rings. The van der Waals surface area contributed by atoms with Crippen molar-refractivity contribution in [1.29, 1.82) is 0 Å². The first-order valence-electron chi connectivity index (χ1n) is 12.8. The summed E-state index contributed by atoms with van der Waals surface area (Å²) in [6, 6.07) is 14.1. The second-order valence-electron chi connectivity index (χ2n) is 9.32. The number of nitrogens with one attached hydrogen (secondary N) is 1. The first-order chi connectivity index (χ1) is 18.2. The number of benzene rings is 2. The normalized spacial score (nSPS) is 12.8. The van der Waals surface area contributed by atoms with Crippen molar-refractivity contribution < 1.29 is 27.9 Å². The van der Waals surface area contributed by atoms with E-state index in [0.717, 1.165) is 24.5 Å². The van der Waals surface area contributed by atoms with E-state index in [1.807, 2.05) is 44.2 Å². The van der Waals surface area contributed by atoms with E-state index in [4.69, 9.17) is 10.2 Å². The Balaban J connectivity index is 1.95. The summed E-state index contributed by atoms with van der Waals surface area (Å²) in [5, 5.41) is 14.4. The van der Waals surface area contributed by atoms with E-state index >= 15 is 0 Å². The predicted octanol–water partition coefficient (Wildman–Crippen LogP) is 4.40. The maximum atomic E-state index is 14.0. The van der Waals surface area contributed by atoms with Crippen molar-refractivity contribution in [2.75, 3.05) is 19.6 Å². The average molecular weight is 528 g/mol. The van der Waals surface area contributed by atoms with Crippen molar-refractivity contribution in [3.05, 3.63) is 94.4 Å². The minimum atomic E-state index is -1.11. The number of nitrogens with zero attached hydrogens (tertiary/aromatic N) is 1. The fraction of sp³-hybridized carbons (Fsp3) is 0.379. The van der Waals surface area contributed by atoms with Crippen LogP contribution in [-0.4, -0.2) is 47.6 Å². The Morgan fingerprint density at radius 2 is 1.63 bits per heavy atom. The van der Waals surface area contributed by atoms with Crippen molar-refractivity contribution in [2.45, 2.75) is 51.7 Å². The van der Waals surface area contributed by atoms with Crippen LogP contribution in [0.2, 0.25) is 0 Å². The third-order valence-corrected chi connectivity index (χ3v) is 6.24. The van der Waals surface area contributed by atoms with Crippen LogP contribution in [0.1, 0.15) is 70.4 Å². The molecule has 2 atom stereocenters. The molecule has 2 amide bonds. The topological polar surface area (TPSA) is 109 Å². The molecule has 0 aliphatic carbocycles. The number of carbonyl (C=O) groups excluding carboxylic acids is 2. The molecule has 0 unspecified atom stereocenters. The number of rotatable bonds is 14. The van der Waals surface area contributed by atoms with Gasteiger partial charge in [-0.15, -0.1) is 0 Å². The number of primary amides is 1. The molecule has 1 aromatic heterocycles. The summed E-state index contributed by atoms with van der Waals surface area (Å²) >= 11 is 0. The van der Waals surface area contributed by atoms with Gasteiger partial charge >= 0.3 is 0 Å². The number of aliphatic hydroxyl groups excluding tert-OH is 1. The van der Waals surface area contributed by atoms with Gasteiger partial charge in [0.1, 0.15) is 11.6 Å². The number of nitrogens with two attached hydrogens (primary N) is 1. The van der Waals surface area contributed by atoms with Gasteiger partial charge in [-0.3, -0.25) is 9.59 Å². The number of hydrogen-bond acceptors (Lipinski definition) is 5. The summed E-state index contributed by atoms with van der Waals surface area (Å²) in [5.41, 5.74) is 7.10. The third-order valence-electron chi connectivity index (χ3n) is 6.24. The largest absolute Gasteiger partial charge is 0.445 e. The van der Waals surface area contributed by atoms with Crippen molar-refractivity contribution in [3.63, 3.8) is 0 Å². The molecule has 4 N–H and O–H groups in total. The Labute approximate surface area is 221 Å². The van der Waals surface area contributed by atoms with Gasteiger partial charge in [0.25, 0.3) is 11.8 Å². The van der Waals surface area contributed by atoms with Crippen LogP contribution < -0.4 is 11.1 Å². The SMILES string of the molecule is CCCN(CCC)C(=O)c1cc([C@H](Cc2cc(F)cc(F)c2)[C@@H](O)CNCc2ccccc2)c(C(N)=O)o1. The minimum absolute atomic E-state index is 0.0239. The van der Waals surface area contributed by atoms with Crippen LogP contribution >= 0.6 is 0 Å². The Morgan fingerprint density at radius 3 is 2.21 bits per heavy atom. The molecular weight excluding hydrogens is 492 g/mol. The molecule has 0 spiro atoms. The van der Waals surface area contributed by atoms with Crippen molar-refractivity contribution in [2.24, 2.45) is 5.73 Å². The molecule has 38 heavy (non-hydrogen) atoms. The highest BCUT2D eigenvalue weighted by molar-refractivity contribution is 5.96. The molecule has 3 rings (SSSR count). The molecule has 1 heterocycles. The van der Waals surface area contributed by atoms with Gasteiger partial charge in [-0.25, -0.2) is 8.78 Å². The minimum Gasteiger partial charge on any atom is -0.445 e. The summed E-state index contributed by atoms with van der Waals surface area (Å²) in [4.78, 5) is 27.2. The molecule has 0 fully saturated rings. The lowest BCUT2D eigenvalue weighted by Gasteiger charge is -2.23. The van der Waals surface area contributed by atoms with E-state index in [9.17, 15) is 23.5 Å². The van der Waals surface area contributed by atoms with Crippen LogP contribution in [0.4, 0.5) is 8.78 Å². The van der Waals surface area contributed by atoms with Crippen LogP contribution in [0.5, 0.6) is 0 Å². The number of carbonyl (C=O) groups is 2. The standard InChI is InChI=1S/C29H35F2N3O4/c1-3-10-34(11-4-2)29(37)26-16-24(27(38-26)28(32)36)23(14-20-12-21(30)15-22(31)13-20)25(35)18-33-17-19-8-6-5-7-9-19/h5-9,12-13,15-16,23,25,33,35H,3-4,10-11,14,17-18H2,1-2H3,(H2,32,36)/t23-,25-/m0/s1. The highest BCUT2D eigenvalue weighted by Crippen LogP contribution is 2.31. The molecule has 204 valence electrons. The van der Waals surface area contributed by atoms with Gasteiger partial charge in [0.15, 0.2) is 11.5 Å². The highest BCUT2D eigenvalue weighted by atomic mass is 19.1. The summed E-state index contributed by atoms with van der Waals surface area (Å²) in [5.74, 6) is -4.00. The molecule has 0 saturated heterocycles. The number of aliphatic hydroxyl groups is 1. The maximum Gasteiger partial charge on any atom is 0.289 e. The van der Waals surface area contributed by atoms with Gasteiger partial charge in [-0.2, -0.15) is 0 Å². The van der Waals surface area contributed by atoms with E-state index in [2.05, 4.69) is 5.32 Å². The average Bonchev–Trinajstić information content (AvgIpc) is 3.32. The lowest BCUT2D eigenvalue weighted by Crippen LogP contribution is -2.33. The predicted molar refractivity (Wildman–Crippen MR) is 141 cm³/mol. The van der Waals surface area contributed by atoms with Crippen LogP contribution in [0.3, 0.4) is 0 Å². The molecule has 7 nitrogen and oxygen atoms in total. The lowest BCUT2D eigenvalue weighted by molar-refractivity contribution is 0.0720.